The van der Waals surface area contributed by atoms with Crippen LogP contribution in [0.2, 0.25) is 0 Å². The molecule has 16 heavy (non-hydrogen) atoms. The first-order valence-electron chi connectivity index (χ1n) is 5.58. The van der Waals surface area contributed by atoms with Crippen LogP contribution in [-0.2, 0) is 9.53 Å². The number of ether oxygens (including phenoxy) is 1. The van der Waals surface area contributed by atoms with Gasteiger partial charge >= 0.3 is 0 Å². The summed E-state index contributed by atoms with van der Waals surface area (Å²) in [4.78, 5) is 12.4. The molecule has 1 aliphatic rings. The van der Waals surface area contributed by atoms with Gasteiger partial charge in [-0.15, -0.1) is 0 Å². The number of hydrogen-bond acceptors (Lipinski definition) is 2. The molecular formula is C13H19IO2. The molecule has 1 atom stereocenters. The van der Waals surface area contributed by atoms with Gasteiger partial charge in [-0.05, 0) is 54.5 Å². The lowest BCUT2D eigenvalue weighted by Gasteiger charge is -2.31. The minimum absolute atomic E-state index is 0.287. The molecule has 0 radical (unpaired) electrons. The number of ketones is 1. The summed E-state index contributed by atoms with van der Waals surface area (Å²) in [5.41, 5.74) is 1.78. The highest BCUT2D eigenvalue weighted by Crippen LogP contribution is 2.46. The number of carbonyl (C=O) groups is 1. The molecule has 0 bridgehead atoms. The highest BCUT2D eigenvalue weighted by atomic mass is 127. The first-order valence-corrected chi connectivity index (χ1v) is 6.66. The second-order valence-electron chi connectivity index (χ2n) is 4.31. The molecule has 0 N–H and O–H groups in total. The Balaban J connectivity index is 3.17. The zero-order valence-corrected chi connectivity index (χ0v) is 12.6. The molecule has 1 unspecified atom stereocenters. The molecule has 1 rings (SSSR count). The average molecular weight is 334 g/mol. The molecule has 0 heterocycles. The van der Waals surface area contributed by atoms with Crippen molar-refractivity contribution in [3.63, 3.8) is 0 Å². The van der Waals surface area contributed by atoms with E-state index in [-0.39, 0.29) is 5.78 Å². The van der Waals surface area contributed by atoms with Gasteiger partial charge in [0.1, 0.15) is 5.78 Å². The maximum absolute atomic E-state index is 12.4. The predicted octanol–water partition coefficient (Wildman–Crippen LogP) is 3.66. The maximum atomic E-state index is 12.4. The Morgan fingerprint density at radius 3 is 2.50 bits per heavy atom. The topological polar surface area (TPSA) is 26.3 Å². The van der Waals surface area contributed by atoms with Crippen LogP contribution in [0.25, 0.3) is 0 Å². The number of hydrogen-bond donors (Lipinski definition) is 0. The summed E-state index contributed by atoms with van der Waals surface area (Å²) >= 11 is 2.30. The van der Waals surface area contributed by atoms with E-state index in [4.69, 9.17) is 4.74 Å². The molecule has 0 saturated heterocycles. The molecule has 3 heteroatoms. The zero-order chi connectivity index (χ0) is 12.3. The summed E-state index contributed by atoms with van der Waals surface area (Å²) in [6, 6.07) is 0. The van der Waals surface area contributed by atoms with E-state index in [1.807, 2.05) is 20.8 Å². The molecule has 0 aromatic rings. The van der Waals surface area contributed by atoms with Crippen LogP contribution in [0.1, 0.15) is 33.6 Å². The lowest BCUT2D eigenvalue weighted by molar-refractivity contribution is -0.127. The molecule has 0 aromatic heterocycles. The summed E-state index contributed by atoms with van der Waals surface area (Å²) in [7, 11) is 1.66. The Morgan fingerprint density at radius 2 is 2.12 bits per heavy atom. The van der Waals surface area contributed by atoms with Crippen molar-refractivity contribution < 1.29 is 9.53 Å². The first-order chi connectivity index (χ1) is 7.50. The highest BCUT2D eigenvalue weighted by Gasteiger charge is 2.44. The van der Waals surface area contributed by atoms with Crippen molar-refractivity contribution in [2.75, 3.05) is 13.7 Å². The van der Waals surface area contributed by atoms with Crippen LogP contribution in [0, 0.1) is 5.41 Å². The van der Waals surface area contributed by atoms with Gasteiger partial charge in [-0.25, -0.2) is 0 Å². The van der Waals surface area contributed by atoms with Crippen LogP contribution in [0.3, 0.4) is 0 Å². The summed E-state index contributed by atoms with van der Waals surface area (Å²) in [6.45, 7) is 6.58. The number of Topliss-reactive ketones (excluding diaryl/α,β-unsaturated/α-hetero) is 1. The normalized spacial score (nSPS) is 24.9. The van der Waals surface area contributed by atoms with E-state index in [0.29, 0.717) is 13.0 Å². The van der Waals surface area contributed by atoms with Crippen molar-refractivity contribution in [3.05, 3.63) is 20.8 Å². The maximum Gasteiger partial charge on any atom is 0.149 e. The van der Waals surface area contributed by atoms with Crippen molar-refractivity contribution in [2.24, 2.45) is 5.41 Å². The Kier molecular flexibility index (Phi) is 4.73. The number of halogens is 1. The molecular weight excluding hydrogens is 315 g/mol. The Labute approximate surface area is 111 Å². The minimum Gasteiger partial charge on any atom is -0.383 e. The Morgan fingerprint density at radius 1 is 1.50 bits per heavy atom. The van der Waals surface area contributed by atoms with E-state index in [9.17, 15) is 4.79 Å². The SMILES string of the molecule is CCCC(=O)C1(COC)C(C)=CC(I)=C1C. The molecule has 0 amide bonds. The molecule has 90 valence electrons. The average Bonchev–Trinajstić information content (AvgIpc) is 2.44. The number of rotatable bonds is 5. The Bertz CT molecular complexity index is 355. The highest BCUT2D eigenvalue weighted by molar-refractivity contribution is 14.1. The van der Waals surface area contributed by atoms with E-state index in [1.165, 1.54) is 3.58 Å². The quantitative estimate of drug-likeness (QED) is 0.718. The fraction of sp³-hybridized carbons (Fsp3) is 0.615. The predicted molar refractivity (Wildman–Crippen MR) is 74.7 cm³/mol. The molecule has 0 aromatic carbocycles. The lowest BCUT2D eigenvalue weighted by atomic mass is 9.73. The van der Waals surface area contributed by atoms with Crippen molar-refractivity contribution in [1.82, 2.24) is 0 Å². The van der Waals surface area contributed by atoms with Gasteiger partial charge in [-0.1, -0.05) is 12.5 Å². The summed E-state index contributed by atoms with van der Waals surface area (Å²) in [6.07, 6.45) is 3.61. The second-order valence-corrected chi connectivity index (χ2v) is 5.47. The third-order valence-electron chi connectivity index (χ3n) is 3.33. The van der Waals surface area contributed by atoms with Crippen molar-refractivity contribution >= 4 is 28.4 Å². The largest absolute Gasteiger partial charge is 0.383 e. The standard InChI is InChI=1S/C13H19IO2/c1-5-6-12(15)13(8-16-4)9(2)7-11(14)10(13)3/h7H,5-6,8H2,1-4H3. The van der Waals surface area contributed by atoms with Gasteiger partial charge in [0, 0.05) is 17.1 Å². The van der Waals surface area contributed by atoms with Crippen LogP contribution in [0.4, 0.5) is 0 Å². The van der Waals surface area contributed by atoms with Gasteiger partial charge in [-0.2, -0.15) is 0 Å². The monoisotopic (exact) mass is 334 g/mol. The summed E-state index contributed by atoms with van der Waals surface area (Å²) < 4.78 is 6.46. The van der Waals surface area contributed by atoms with Crippen LogP contribution in [0.5, 0.6) is 0 Å². The van der Waals surface area contributed by atoms with Crippen molar-refractivity contribution in [1.29, 1.82) is 0 Å². The first kappa shape index (κ1) is 13.9. The molecule has 0 saturated carbocycles. The minimum atomic E-state index is -0.485. The van der Waals surface area contributed by atoms with Crippen LogP contribution in [-0.4, -0.2) is 19.5 Å². The molecule has 1 aliphatic carbocycles. The molecule has 0 aliphatic heterocycles. The lowest BCUT2D eigenvalue weighted by Crippen LogP contribution is -2.36. The number of carbonyl (C=O) groups excluding carboxylic acids is 1. The van der Waals surface area contributed by atoms with Crippen LogP contribution in [0.15, 0.2) is 20.8 Å². The third-order valence-corrected chi connectivity index (χ3v) is 4.45. The van der Waals surface area contributed by atoms with Crippen molar-refractivity contribution in [2.45, 2.75) is 33.6 Å². The van der Waals surface area contributed by atoms with Gasteiger partial charge in [0.05, 0.1) is 12.0 Å². The fourth-order valence-electron chi connectivity index (χ4n) is 2.31. The smallest absolute Gasteiger partial charge is 0.149 e. The van der Waals surface area contributed by atoms with Gasteiger partial charge in [0.25, 0.3) is 0 Å². The van der Waals surface area contributed by atoms with E-state index < -0.39 is 5.41 Å². The van der Waals surface area contributed by atoms with Gasteiger partial charge in [-0.3, -0.25) is 4.79 Å². The Hall–Kier alpha value is -0.160. The fourth-order valence-corrected chi connectivity index (χ4v) is 3.24. The van der Waals surface area contributed by atoms with Gasteiger partial charge in [0.15, 0.2) is 0 Å². The van der Waals surface area contributed by atoms with E-state index in [2.05, 4.69) is 28.7 Å². The number of allylic oxidation sites excluding steroid dienone is 2. The third kappa shape index (κ3) is 2.12. The summed E-state index contributed by atoms with van der Waals surface area (Å²) in [5, 5.41) is 0. The molecule has 2 nitrogen and oxygen atoms in total. The van der Waals surface area contributed by atoms with Crippen LogP contribution < -0.4 is 0 Å². The van der Waals surface area contributed by atoms with Gasteiger partial charge < -0.3 is 4.74 Å². The van der Waals surface area contributed by atoms with E-state index in [0.717, 1.165) is 17.6 Å². The molecule has 0 spiro atoms. The van der Waals surface area contributed by atoms with Crippen LogP contribution >= 0.6 is 22.6 Å². The summed E-state index contributed by atoms with van der Waals surface area (Å²) in [5.74, 6) is 0.287. The van der Waals surface area contributed by atoms with Crippen molar-refractivity contribution in [3.8, 4) is 0 Å². The van der Waals surface area contributed by atoms with E-state index >= 15 is 0 Å². The number of methoxy groups -OCH3 is 1. The van der Waals surface area contributed by atoms with Gasteiger partial charge in [0.2, 0.25) is 0 Å². The van der Waals surface area contributed by atoms with E-state index in [1.54, 1.807) is 7.11 Å². The molecule has 0 fully saturated rings. The zero-order valence-electron chi connectivity index (χ0n) is 10.4. The second kappa shape index (κ2) is 5.45.